The molecule has 1 rings (SSSR count). The second kappa shape index (κ2) is 8.47. The second-order valence-corrected chi connectivity index (χ2v) is 4.62. The van der Waals surface area contributed by atoms with Crippen molar-refractivity contribution in [3.63, 3.8) is 0 Å². The molecule has 1 heterocycles. The number of unbranched alkanes of at least 4 members (excludes halogenated alkanes) is 5. The maximum Gasteiger partial charge on any atom is 0.349 e. The number of aliphatic hydroxyl groups excluding tert-OH is 1. The van der Waals surface area contributed by atoms with Crippen LogP contribution in [0.25, 0.3) is 0 Å². The van der Waals surface area contributed by atoms with Crippen molar-refractivity contribution >= 4 is 5.97 Å². The minimum absolute atomic E-state index is 0.226. The first-order chi connectivity index (χ1) is 9.61. The average Bonchev–Trinajstić information content (AvgIpc) is 2.72. The fourth-order valence-corrected chi connectivity index (χ4v) is 1.87. The van der Waals surface area contributed by atoms with Crippen molar-refractivity contribution in [2.45, 2.75) is 52.1 Å². The molecule has 1 aromatic rings. The summed E-state index contributed by atoms with van der Waals surface area (Å²) < 4.78 is 9.60. The van der Waals surface area contributed by atoms with Gasteiger partial charge < -0.3 is 24.5 Å². The molecule has 0 aliphatic rings. The quantitative estimate of drug-likeness (QED) is 0.476. The van der Waals surface area contributed by atoms with E-state index in [1.807, 2.05) is 0 Å². The Kier molecular flexibility index (Phi) is 6.93. The van der Waals surface area contributed by atoms with E-state index < -0.39 is 29.8 Å². The molecule has 0 atom stereocenters. The highest BCUT2D eigenvalue weighted by Gasteiger charge is 2.26. The van der Waals surface area contributed by atoms with Crippen molar-refractivity contribution < 1.29 is 29.3 Å². The molecule has 0 radical (unpaired) electrons. The van der Waals surface area contributed by atoms with Crippen LogP contribution in [0.15, 0.2) is 4.42 Å². The number of aromatic hydroxyl groups is 2. The molecule has 0 unspecified atom stereocenters. The number of esters is 1. The monoisotopic (exact) mass is 286 g/mol. The van der Waals surface area contributed by atoms with Gasteiger partial charge in [-0.05, 0) is 6.42 Å². The van der Waals surface area contributed by atoms with Crippen molar-refractivity contribution in [3.8, 4) is 11.7 Å². The number of rotatable bonds is 9. The van der Waals surface area contributed by atoms with Gasteiger partial charge in [-0.3, -0.25) is 0 Å². The largest absolute Gasteiger partial charge is 0.504 e. The summed E-state index contributed by atoms with van der Waals surface area (Å²) in [7, 11) is 0. The van der Waals surface area contributed by atoms with Crippen LogP contribution in [0.3, 0.4) is 0 Å². The maximum atomic E-state index is 11.7. The fraction of sp³-hybridized carbons (Fsp3) is 0.643. The van der Waals surface area contributed by atoms with Gasteiger partial charge in [-0.2, -0.15) is 0 Å². The van der Waals surface area contributed by atoms with Gasteiger partial charge in [0.15, 0.2) is 17.1 Å². The first-order valence-electron chi connectivity index (χ1n) is 6.93. The summed E-state index contributed by atoms with van der Waals surface area (Å²) in [5.74, 6) is -2.41. The van der Waals surface area contributed by atoms with Gasteiger partial charge in [-0.25, -0.2) is 4.79 Å². The van der Waals surface area contributed by atoms with Gasteiger partial charge in [0.25, 0.3) is 0 Å². The van der Waals surface area contributed by atoms with Crippen LogP contribution >= 0.6 is 0 Å². The van der Waals surface area contributed by atoms with Gasteiger partial charge in [0.05, 0.1) is 6.61 Å². The molecule has 0 aliphatic heterocycles. The Morgan fingerprint density at radius 1 is 1.15 bits per heavy atom. The zero-order valence-corrected chi connectivity index (χ0v) is 11.7. The first kappa shape index (κ1) is 16.4. The van der Waals surface area contributed by atoms with Crippen LogP contribution in [0.5, 0.6) is 11.7 Å². The van der Waals surface area contributed by atoms with E-state index in [2.05, 4.69) is 11.3 Å². The fourth-order valence-electron chi connectivity index (χ4n) is 1.87. The zero-order valence-electron chi connectivity index (χ0n) is 11.7. The van der Waals surface area contributed by atoms with E-state index in [-0.39, 0.29) is 12.4 Å². The van der Waals surface area contributed by atoms with Crippen molar-refractivity contribution in [1.82, 2.24) is 0 Å². The zero-order chi connectivity index (χ0) is 15.0. The lowest BCUT2D eigenvalue weighted by Gasteiger charge is -2.04. The smallest absolute Gasteiger partial charge is 0.349 e. The van der Waals surface area contributed by atoms with E-state index in [0.717, 1.165) is 19.3 Å². The van der Waals surface area contributed by atoms with E-state index >= 15 is 0 Å². The Balaban J connectivity index is 2.35. The summed E-state index contributed by atoms with van der Waals surface area (Å²) in [5.41, 5.74) is -0.431. The number of ether oxygens (including phenoxy) is 1. The molecule has 0 amide bonds. The van der Waals surface area contributed by atoms with E-state index in [9.17, 15) is 15.0 Å². The third-order valence-corrected chi connectivity index (χ3v) is 3.01. The number of carbonyl (C=O) groups excluding carboxylic acids is 1. The molecule has 6 nitrogen and oxygen atoms in total. The highest BCUT2D eigenvalue weighted by Crippen LogP contribution is 2.34. The Morgan fingerprint density at radius 3 is 2.40 bits per heavy atom. The van der Waals surface area contributed by atoms with Crippen LogP contribution in [0, 0.1) is 0 Å². The second-order valence-electron chi connectivity index (χ2n) is 4.62. The molecule has 1 aromatic heterocycles. The van der Waals surface area contributed by atoms with Crippen molar-refractivity contribution in [2.75, 3.05) is 6.61 Å². The van der Waals surface area contributed by atoms with Crippen molar-refractivity contribution in [1.29, 1.82) is 0 Å². The summed E-state index contributed by atoms with van der Waals surface area (Å²) in [4.78, 5) is 11.7. The molecule has 3 N–H and O–H groups in total. The predicted octanol–water partition coefficient (Wildman–Crippen LogP) is 2.70. The molecule has 20 heavy (non-hydrogen) atoms. The summed E-state index contributed by atoms with van der Waals surface area (Å²) in [5, 5.41) is 27.8. The summed E-state index contributed by atoms with van der Waals surface area (Å²) in [6.45, 7) is 1.76. The van der Waals surface area contributed by atoms with Crippen LogP contribution < -0.4 is 0 Å². The van der Waals surface area contributed by atoms with Gasteiger partial charge in [0.1, 0.15) is 6.61 Å². The predicted molar refractivity (Wildman–Crippen MR) is 71.6 cm³/mol. The normalized spacial score (nSPS) is 10.7. The molecule has 114 valence electrons. The van der Waals surface area contributed by atoms with Gasteiger partial charge in [0.2, 0.25) is 0 Å². The first-order valence-corrected chi connectivity index (χ1v) is 6.93. The van der Waals surface area contributed by atoms with Gasteiger partial charge in [-0.15, -0.1) is 0 Å². The summed E-state index contributed by atoms with van der Waals surface area (Å²) in [6, 6.07) is 0. The van der Waals surface area contributed by atoms with Crippen LogP contribution in [-0.2, 0) is 11.3 Å². The number of hydrogen-bond donors (Lipinski definition) is 3. The topological polar surface area (TPSA) is 100 Å². The molecule has 0 saturated carbocycles. The number of aliphatic hydroxyl groups is 1. The summed E-state index contributed by atoms with van der Waals surface area (Å²) in [6.07, 6.45) is 6.37. The number of furan rings is 1. The van der Waals surface area contributed by atoms with E-state index in [4.69, 9.17) is 9.84 Å². The van der Waals surface area contributed by atoms with Crippen LogP contribution in [0.2, 0.25) is 0 Å². The van der Waals surface area contributed by atoms with Crippen LogP contribution in [-0.4, -0.2) is 27.9 Å². The van der Waals surface area contributed by atoms with Crippen molar-refractivity contribution in [3.05, 3.63) is 11.3 Å². The minimum atomic E-state index is -0.850. The van der Waals surface area contributed by atoms with Gasteiger partial charge >= 0.3 is 11.9 Å². The molecule has 0 fully saturated rings. The van der Waals surface area contributed by atoms with E-state index in [1.54, 1.807) is 0 Å². The van der Waals surface area contributed by atoms with Crippen LogP contribution in [0.1, 0.15) is 61.6 Å². The van der Waals surface area contributed by atoms with Gasteiger partial charge in [0, 0.05) is 0 Å². The molecule has 0 aromatic carbocycles. The standard InChI is InChI=1S/C14H22O6/c1-2-3-4-5-6-7-8-19-13(17)11-12(16)10(9-15)20-14(11)18/h15-16,18H,2-9H2,1H3. The molecular weight excluding hydrogens is 264 g/mol. The number of hydrogen-bond acceptors (Lipinski definition) is 6. The summed E-state index contributed by atoms with van der Waals surface area (Å²) >= 11 is 0. The SMILES string of the molecule is CCCCCCCCOC(=O)c1c(O)oc(CO)c1O. The Bertz CT molecular complexity index is 424. The average molecular weight is 286 g/mol. The molecule has 6 heteroatoms. The Morgan fingerprint density at radius 2 is 1.80 bits per heavy atom. The lowest BCUT2D eigenvalue weighted by Crippen LogP contribution is -2.06. The maximum absolute atomic E-state index is 11.7. The third-order valence-electron chi connectivity index (χ3n) is 3.01. The Hall–Kier alpha value is -1.69. The lowest BCUT2D eigenvalue weighted by molar-refractivity contribution is 0.0489. The third kappa shape index (κ3) is 4.45. The lowest BCUT2D eigenvalue weighted by atomic mass is 10.1. The molecule has 0 aliphatic carbocycles. The number of carbonyl (C=O) groups is 1. The van der Waals surface area contributed by atoms with E-state index in [1.165, 1.54) is 19.3 Å². The Labute approximate surface area is 118 Å². The highest BCUT2D eigenvalue weighted by atomic mass is 16.5. The highest BCUT2D eigenvalue weighted by molar-refractivity contribution is 5.95. The molecule has 0 bridgehead atoms. The van der Waals surface area contributed by atoms with E-state index in [0.29, 0.717) is 0 Å². The molecular formula is C14H22O6. The minimum Gasteiger partial charge on any atom is -0.504 e. The van der Waals surface area contributed by atoms with Gasteiger partial charge in [-0.1, -0.05) is 39.0 Å². The van der Waals surface area contributed by atoms with Crippen LogP contribution in [0.4, 0.5) is 0 Å². The molecule has 0 spiro atoms. The van der Waals surface area contributed by atoms with Crippen molar-refractivity contribution in [2.24, 2.45) is 0 Å². The molecule has 0 saturated heterocycles.